The summed E-state index contributed by atoms with van der Waals surface area (Å²) in [6, 6.07) is 0. The van der Waals surface area contributed by atoms with E-state index in [1.54, 1.807) is 0 Å². The Balaban J connectivity index is 2.72. The molecule has 0 saturated carbocycles. The zero-order chi connectivity index (χ0) is 6.41. The smallest absolute Gasteiger partial charge is 0.400 e. The predicted molar refractivity (Wildman–Crippen MR) is 27.5 cm³/mol. The first-order chi connectivity index (χ1) is 3.77. The fourth-order valence-corrected chi connectivity index (χ4v) is 0.192. The summed E-state index contributed by atoms with van der Waals surface area (Å²) in [5.41, 5.74) is 0. The molecule has 0 aliphatic carbocycles. The monoisotopic (exact) mass is 120 g/mol. The van der Waals surface area contributed by atoms with Crippen LogP contribution < -0.4 is 0 Å². The van der Waals surface area contributed by atoms with E-state index in [4.69, 9.17) is 10.0 Å². The van der Waals surface area contributed by atoms with Gasteiger partial charge in [0, 0.05) is 0 Å². The Labute approximate surface area is 48.1 Å². The van der Waals surface area contributed by atoms with Crippen molar-refractivity contribution >= 4 is 7.32 Å². The maximum atomic E-state index is 7.99. The van der Waals surface area contributed by atoms with E-state index in [2.05, 4.69) is 9.69 Å². The van der Waals surface area contributed by atoms with E-state index in [0.29, 0.717) is 6.61 Å². The van der Waals surface area contributed by atoms with Crippen molar-refractivity contribution in [1.29, 1.82) is 0 Å². The molecule has 4 nitrogen and oxygen atoms in total. The van der Waals surface area contributed by atoms with Gasteiger partial charge in [0.15, 0.2) is 0 Å². The van der Waals surface area contributed by atoms with E-state index in [1.807, 2.05) is 6.92 Å². The minimum atomic E-state index is -1.82. The second-order valence-electron chi connectivity index (χ2n) is 1.24. The van der Waals surface area contributed by atoms with Gasteiger partial charge in [0.1, 0.15) is 0 Å². The van der Waals surface area contributed by atoms with Gasteiger partial charge in [0.05, 0.1) is 6.61 Å². The molecule has 8 heavy (non-hydrogen) atoms. The molecule has 0 aromatic rings. The van der Waals surface area contributed by atoms with E-state index in [9.17, 15) is 0 Å². The summed E-state index contributed by atoms with van der Waals surface area (Å²) >= 11 is 0. The first-order valence-corrected chi connectivity index (χ1v) is 2.41. The van der Waals surface area contributed by atoms with Gasteiger partial charge in [0.2, 0.25) is 0 Å². The molecule has 0 atom stereocenters. The quantitative estimate of drug-likeness (QED) is 0.223. The number of hydrogen-bond acceptors (Lipinski definition) is 4. The second-order valence-corrected chi connectivity index (χ2v) is 1.24. The molecule has 0 heterocycles. The van der Waals surface area contributed by atoms with Gasteiger partial charge in [0.25, 0.3) is 0 Å². The van der Waals surface area contributed by atoms with E-state index in [0.717, 1.165) is 6.42 Å². The van der Waals surface area contributed by atoms with Crippen molar-refractivity contribution in [1.82, 2.24) is 0 Å². The summed E-state index contributed by atoms with van der Waals surface area (Å²) in [6.45, 7) is 2.25. The average Bonchev–Trinajstić information content (AvgIpc) is 1.66. The highest BCUT2D eigenvalue weighted by Crippen LogP contribution is 1.81. The Bertz CT molecular complexity index is 48.5. The van der Waals surface area contributed by atoms with Crippen molar-refractivity contribution in [2.75, 3.05) is 6.61 Å². The van der Waals surface area contributed by atoms with Gasteiger partial charge in [-0.15, -0.1) is 0 Å². The third-order valence-corrected chi connectivity index (χ3v) is 0.442. The highest BCUT2D eigenvalue weighted by molar-refractivity contribution is 6.32. The normalized spacial score (nSPS) is 9.38. The fourth-order valence-electron chi connectivity index (χ4n) is 0.192. The molecule has 2 N–H and O–H groups in total. The molecule has 0 aliphatic heterocycles. The molecule has 0 aliphatic rings. The highest BCUT2D eigenvalue weighted by Gasteiger charge is 2.07. The maximum absolute atomic E-state index is 7.99. The molecule has 0 unspecified atom stereocenters. The largest absolute Gasteiger partial charge is 0.662 e. The first kappa shape index (κ1) is 7.90. The van der Waals surface area contributed by atoms with Crippen LogP contribution >= 0.6 is 0 Å². The first-order valence-electron chi connectivity index (χ1n) is 2.41. The van der Waals surface area contributed by atoms with E-state index in [1.165, 1.54) is 0 Å². The minimum Gasteiger partial charge on any atom is -0.400 e. The topological polar surface area (TPSA) is 58.9 Å². The third kappa shape index (κ3) is 5.90. The van der Waals surface area contributed by atoms with Crippen LogP contribution in [0.1, 0.15) is 13.3 Å². The van der Waals surface area contributed by atoms with Crippen LogP contribution in [0.3, 0.4) is 0 Å². The van der Waals surface area contributed by atoms with E-state index >= 15 is 0 Å². The second kappa shape index (κ2) is 5.05. The number of rotatable bonds is 4. The lowest BCUT2D eigenvalue weighted by atomic mass is 10.3. The highest BCUT2D eigenvalue weighted by atomic mass is 17.2. The lowest BCUT2D eigenvalue weighted by Gasteiger charge is -1.97. The Morgan fingerprint density at radius 2 is 2.12 bits per heavy atom. The molecule has 0 bridgehead atoms. The van der Waals surface area contributed by atoms with Gasteiger partial charge in [-0.1, -0.05) is 6.92 Å². The summed E-state index contributed by atoms with van der Waals surface area (Å²) in [4.78, 5) is 8.14. The summed E-state index contributed by atoms with van der Waals surface area (Å²) in [7, 11) is -1.82. The molecule has 0 amide bonds. The van der Waals surface area contributed by atoms with Crippen LogP contribution in [0.4, 0.5) is 0 Å². The molecule has 5 heteroatoms. The summed E-state index contributed by atoms with van der Waals surface area (Å²) < 4.78 is 0. The standard InChI is InChI=1S/C3H9BO4/c1-2-3-7-8-4(5)6/h5-6H,2-3H2,1H3. The van der Waals surface area contributed by atoms with Crippen LogP contribution in [0.5, 0.6) is 0 Å². The molecule has 0 aromatic carbocycles. The summed E-state index contributed by atoms with van der Waals surface area (Å²) in [6.07, 6.45) is 0.784. The van der Waals surface area contributed by atoms with Gasteiger partial charge >= 0.3 is 7.32 Å². The lowest BCUT2D eigenvalue weighted by molar-refractivity contribution is -0.234. The van der Waals surface area contributed by atoms with Crippen LogP contribution in [-0.4, -0.2) is 24.0 Å². The SMILES string of the molecule is CCCOOB(O)O. The van der Waals surface area contributed by atoms with E-state index in [-0.39, 0.29) is 0 Å². The van der Waals surface area contributed by atoms with Gasteiger partial charge in [-0.05, 0) is 6.42 Å². The zero-order valence-electron chi connectivity index (χ0n) is 4.70. The van der Waals surface area contributed by atoms with Crippen molar-refractivity contribution in [2.24, 2.45) is 0 Å². The summed E-state index contributed by atoms with van der Waals surface area (Å²) in [5.74, 6) is 0. The molecular weight excluding hydrogens is 111 g/mol. The van der Waals surface area contributed by atoms with Crippen molar-refractivity contribution in [3.8, 4) is 0 Å². The Morgan fingerprint density at radius 1 is 1.50 bits per heavy atom. The molecule has 0 saturated heterocycles. The molecule has 0 fully saturated rings. The third-order valence-electron chi connectivity index (χ3n) is 0.442. The van der Waals surface area contributed by atoms with Crippen molar-refractivity contribution in [3.05, 3.63) is 0 Å². The lowest BCUT2D eigenvalue weighted by Crippen LogP contribution is -2.17. The zero-order valence-corrected chi connectivity index (χ0v) is 4.70. The van der Waals surface area contributed by atoms with Crippen LogP contribution in [0.2, 0.25) is 0 Å². The van der Waals surface area contributed by atoms with Crippen LogP contribution in [0.25, 0.3) is 0 Å². The van der Waals surface area contributed by atoms with Gasteiger partial charge in [-0.2, -0.15) is 0 Å². The van der Waals surface area contributed by atoms with Crippen molar-refractivity contribution < 1.29 is 19.7 Å². The molecule has 0 rings (SSSR count). The Kier molecular flexibility index (Phi) is 4.99. The fraction of sp³-hybridized carbons (Fsp3) is 1.00. The van der Waals surface area contributed by atoms with Crippen molar-refractivity contribution in [3.63, 3.8) is 0 Å². The Morgan fingerprint density at radius 3 is 2.50 bits per heavy atom. The molecule has 0 aromatic heterocycles. The van der Waals surface area contributed by atoms with Gasteiger partial charge < -0.3 is 10.0 Å². The minimum absolute atomic E-state index is 0.373. The van der Waals surface area contributed by atoms with Crippen molar-refractivity contribution in [2.45, 2.75) is 13.3 Å². The molecule has 0 radical (unpaired) electrons. The molecule has 0 spiro atoms. The van der Waals surface area contributed by atoms with Gasteiger partial charge in [-0.25, -0.2) is 9.69 Å². The maximum Gasteiger partial charge on any atom is 0.662 e. The van der Waals surface area contributed by atoms with Crippen LogP contribution in [0.15, 0.2) is 0 Å². The van der Waals surface area contributed by atoms with Crippen LogP contribution in [-0.2, 0) is 9.69 Å². The molecule has 48 valence electrons. The van der Waals surface area contributed by atoms with Crippen LogP contribution in [0, 0.1) is 0 Å². The molecular formula is C3H9BO4. The number of hydrogen-bond donors (Lipinski definition) is 2. The predicted octanol–water partition coefficient (Wildman–Crippen LogP) is -0.686. The van der Waals surface area contributed by atoms with E-state index < -0.39 is 7.32 Å². The Hall–Kier alpha value is -0.0951. The summed E-state index contributed by atoms with van der Waals surface area (Å²) in [5, 5.41) is 16.0. The van der Waals surface area contributed by atoms with Gasteiger partial charge in [-0.3, -0.25) is 0 Å². The average molecular weight is 120 g/mol.